The van der Waals surface area contributed by atoms with Crippen molar-refractivity contribution in [1.82, 2.24) is 9.88 Å². The molecule has 148 valence electrons. The highest BCUT2D eigenvalue weighted by Crippen LogP contribution is 2.42. The second-order valence-corrected chi connectivity index (χ2v) is 9.38. The number of hydrogen-bond acceptors (Lipinski definition) is 3. The topological polar surface area (TPSA) is 33.2 Å². The van der Waals surface area contributed by atoms with Crippen molar-refractivity contribution in [3.05, 3.63) is 86.3 Å². The van der Waals surface area contributed by atoms with Crippen LogP contribution >= 0.6 is 22.9 Å². The van der Waals surface area contributed by atoms with Crippen molar-refractivity contribution in [2.45, 2.75) is 50.6 Å². The maximum Gasteiger partial charge on any atom is 0.229 e. The molecule has 0 bridgehead atoms. The minimum atomic E-state index is 0.216. The molecular formula is C24H23ClN2OS. The van der Waals surface area contributed by atoms with Gasteiger partial charge in [0.2, 0.25) is 5.91 Å². The van der Waals surface area contributed by atoms with E-state index >= 15 is 0 Å². The van der Waals surface area contributed by atoms with E-state index in [2.05, 4.69) is 35.2 Å². The van der Waals surface area contributed by atoms with Crippen LogP contribution in [0.4, 0.5) is 0 Å². The third-order valence-corrected chi connectivity index (χ3v) is 6.97. The maximum atomic E-state index is 13.3. The Morgan fingerprint density at radius 3 is 2.83 bits per heavy atom. The van der Waals surface area contributed by atoms with E-state index in [1.807, 2.05) is 23.6 Å². The molecule has 2 aromatic carbocycles. The minimum absolute atomic E-state index is 0.216. The summed E-state index contributed by atoms with van der Waals surface area (Å²) in [6.07, 6.45) is 5.50. The molecule has 2 aliphatic carbocycles. The molecule has 1 heterocycles. The quantitative estimate of drug-likeness (QED) is 0.517. The number of halogens is 1. The summed E-state index contributed by atoms with van der Waals surface area (Å²) in [5, 5.41) is 3.80. The third-order valence-electron chi connectivity index (χ3n) is 5.84. The first-order chi connectivity index (χ1) is 14.2. The fourth-order valence-corrected chi connectivity index (χ4v) is 5.43. The van der Waals surface area contributed by atoms with E-state index < -0.39 is 0 Å². The molecule has 1 unspecified atom stereocenters. The lowest BCUT2D eigenvalue weighted by atomic mass is 10.1. The second-order valence-electron chi connectivity index (χ2n) is 8.00. The number of benzene rings is 2. The van der Waals surface area contributed by atoms with Crippen molar-refractivity contribution in [2.75, 3.05) is 0 Å². The zero-order chi connectivity index (χ0) is 19.8. The molecule has 1 atom stereocenters. The van der Waals surface area contributed by atoms with Gasteiger partial charge in [-0.15, -0.1) is 11.3 Å². The molecule has 3 aromatic rings. The van der Waals surface area contributed by atoms with Crippen LogP contribution in [0.25, 0.3) is 0 Å². The first kappa shape index (κ1) is 18.8. The van der Waals surface area contributed by atoms with E-state index in [1.54, 1.807) is 11.3 Å². The molecule has 0 N–H and O–H groups in total. The number of aromatic nitrogens is 1. The second kappa shape index (κ2) is 7.92. The van der Waals surface area contributed by atoms with Crippen molar-refractivity contribution in [3.63, 3.8) is 0 Å². The number of hydrogen-bond donors (Lipinski definition) is 0. The number of carbonyl (C=O) groups is 1. The van der Waals surface area contributed by atoms with Crippen LogP contribution in [-0.4, -0.2) is 21.8 Å². The SMILES string of the molecule is O=C(Cc1csc(Cc2cccc(Cl)c2)n1)N(C1CC1)C1CCc2ccccc21. The molecule has 5 heteroatoms. The third kappa shape index (κ3) is 4.10. The zero-order valence-corrected chi connectivity index (χ0v) is 17.8. The van der Waals surface area contributed by atoms with Gasteiger partial charge in [-0.3, -0.25) is 4.79 Å². The molecule has 0 saturated heterocycles. The summed E-state index contributed by atoms with van der Waals surface area (Å²) in [5.74, 6) is 0.216. The van der Waals surface area contributed by atoms with E-state index in [1.165, 1.54) is 11.1 Å². The van der Waals surface area contributed by atoms with Gasteiger partial charge in [0, 0.05) is 22.9 Å². The predicted molar refractivity (Wildman–Crippen MR) is 117 cm³/mol. The van der Waals surface area contributed by atoms with E-state index in [0.29, 0.717) is 12.5 Å². The Hall–Kier alpha value is -2.17. The summed E-state index contributed by atoms with van der Waals surface area (Å²) in [7, 11) is 0. The van der Waals surface area contributed by atoms with Crippen LogP contribution in [0.2, 0.25) is 5.02 Å². The molecule has 1 amide bonds. The van der Waals surface area contributed by atoms with E-state index in [0.717, 1.165) is 53.4 Å². The van der Waals surface area contributed by atoms with E-state index in [9.17, 15) is 4.79 Å². The van der Waals surface area contributed by atoms with Gasteiger partial charge >= 0.3 is 0 Å². The van der Waals surface area contributed by atoms with Crippen LogP contribution < -0.4 is 0 Å². The summed E-state index contributed by atoms with van der Waals surface area (Å²) in [5.41, 5.74) is 4.77. The lowest BCUT2D eigenvalue weighted by molar-refractivity contribution is -0.133. The molecule has 1 aromatic heterocycles. The molecule has 0 radical (unpaired) electrons. The number of nitrogens with zero attached hydrogens (tertiary/aromatic N) is 2. The Morgan fingerprint density at radius 2 is 2.00 bits per heavy atom. The van der Waals surface area contributed by atoms with Gasteiger partial charge in [0.05, 0.1) is 23.2 Å². The average Bonchev–Trinajstić information content (AvgIpc) is 3.30. The molecule has 29 heavy (non-hydrogen) atoms. The van der Waals surface area contributed by atoms with Crippen LogP contribution in [0.15, 0.2) is 53.9 Å². The number of rotatable bonds is 6. The largest absolute Gasteiger partial charge is 0.332 e. The van der Waals surface area contributed by atoms with Crippen LogP contribution in [0.1, 0.15) is 52.7 Å². The van der Waals surface area contributed by atoms with E-state index in [4.69, 9.17) is 16.6 Å². The lowest BCUT2D eigenvalue weighted by Crippen LogP contribution is -2.37. The highest BCUT2D eigenvalue weighted by molar-refractivity contribution is 7.09. The van der Waals surface area contributed by atoms with Gasteiger partial charge in [0.1, 0.15) is 0 Å². The summed E-state index contributed by atoms with van der Waals surface area (Å²) < 4.78 is 0. The molecule has 0 spiro atoms. The number of fused-ring (bicyclic) bond motifs is 1. The summed E-state index contributed by atoms with van der Waals surface area (Å²) in [4.78, 5) is 20.2. The summed E-state index contributed by atoms with van der Waals surface area (Å²) in [6, 6.07) is 17.1. The Bertz CT molecular complexity index is 1040. The van der Waals surface area contributed by atoms with Gasteiger partial charge in [-0.25, -0.2) is 4.98 Å². The van der Waals surface area contributed by atoms with Gasteiger partial charge in [0.25, 0.3) is 0 Å². The lowest BCUT2D eigenvalue weighted by Gasteiger charge is -2.30. The number of thiazole rings is 1. The first-order valence-corrected chi connectivity index (χ1v) is 11.5. The Kier molecular flexibility index (Phi) is 5.15. The van der Waals surface area contributed by atoms with E-state index in [-0.39, 0.29) is 11.9 Å². The van der Waals surface area contributed by atoms with Crippen molar-refractivity contribution < 1.29 is 4.79 Å². The number of amides is 1. The maximum absolute atomic E-state index is 13.3. The van der Waals surface area contributed by atoms with Gasteiger partial charge in [-0.2, -0.15) is 0 Å². The minimum Gasteiger partial charge on any atom is -0.332 e. The smallest absolute Gasteiger partial charge is 0.229 e. The molecule has 5 rings (SSSR count). The normalized spacial score (nSPS) is 17.9. The summed E-state index contributed by atoms with van der Waals surface area (Å²) >= 11 is 7.71. The highest BCUT2D eigenvalue weighted by atomic mass is 35.5. The van der Waals surface area contributed by atoms with Crippen LogP contribution in [0.3, 0.4) is 0 Å². The Balaban J connectivity index is 1.30. The van der Waals surface area contributed by atoms with Crippen LogP contribution in [-0.2, 0) is 24.1 Å². The highest BCUT2D eigenvalue weighted by Gasteiger charge is 2.40. The molecule has 1 fully saturated rings. The van der Waals surface area contributed by atoms with Gasteiger partial charge in [-0.1, -0.05) is 48.0 Å². The van der Waals surface area contributed by atoms with Gasteiger partial charge < -0.3 is 4.90 Å². The fraction of sp³-hybridized carbons (Fsp3) is 0.333. The first-order valence-electron chi connectivity index (χ1n) is 10.2. The van der Waals surface area contributed by atoms with Gasteiger partial charge in [0.15, 0.2) is 0 Å². The molecule has 3 nitrogen and oxygen atoms in total. The molecule has 1 saturated carbocycles. The van der Waals surface area contributed by atoms with Crippen molar-refractivity contribution in [2.24, 2.45) is 0 Å². The number of carbonyl (C=O) groups excluding carboxylic acids is 1. The van der Waals surface area contributed by atoms with Gasteiger partial charge in [-0.05, 0) is 54.5 Å². The molecular weight excluding hydrogens is 400 g/mol. The predicted octanol–water partition coefficient (Wildman–Crippen LogP) is 5.61. The van der Waals surface area contributed by atoms with Crippen LogP contribution in [0.5, 0.6) is 0 Å². The van der Waals surface area contributed by atoms with Crippen molar-refractivity contribution >= 4 is 28.8 Å². The number of aryl methyl sites for hydroxylation is 1. The van der Waals surface area contributed by atoms with Crippen molar-refractivity contribution in [1.29, 1.82) is 0 Å². The molecule has 0 aliphatic heterocycles. The molecule has 2 aliphatic rings. The zero-order valence-electron chi connectivity index (χ0n) is 16.2. The summed E-state index contributed by atoms with van der Waals surface area (Å²) in [6.45, 7) is 0. The monoisotopic (exact) mass is 422 g/mol. The van der Waals surface area contributed by atoms with Crippen molar-refractivity contribution in [3.8, 4) is 0 Å². The standard InChI is InChI=1S/C24H23ClN2OS/c25-18-6-3-4-16(12-18)13-23-26-19(15-29-23)14-24(28)27(20-9-10-20)22-11-8-17-5-1-2-7-21(17)22/h1-7,12,15,20,22H,8-11,13-14H2. The Labute approximate surface area is 180 Å². The fourth-order valence-electron chi connectivity index (χ4n) is 4.39. The Morgan fingerprint density at radius 1 is 1.14 bits per heavy atom. The van der Waals surface area contributed by atoms with Crippen LogP contribution in [0, 0.1) is 0 Å². The average molecular weight is 423 g/mol.